The molecule has 0 aliphatic carbocycles. The molecule has 0 atom stereocenters. The Labute approximate surface area is 204 Å². The van der Waals surface area contributed by atoms with Gasteiger partial charge in [0.2, 0.25) is 11.9 Å². The van der Waals surface area contributed by atoms with Crippen LogP contribution in [0.3, 0.4) is 0 Å². The summed E-state index contributed by atoms with van der Waals surface area (Å²) in [6.07, 6.45) is 0. The van der Waals surface area contributed by atoms with Crippen LogP contribution < -0.4 is 16.6 Å². The number of thioether (sulfide) groups is 1. The number of nitrogens with zero attached hydrogens (tertiary/aromatic N) is 5. The van der Waals surface area contributed by atoms with Gasteiger partial charge in [-0.05, 0) is 42.8 Å². The number of fused-ring (bicyclic) bond motifs is 1. The number of nitrogens with one attached hydrogen (secondary N) is 1. The van der Waals surface area contributed by atoms with E-state index in [1.54, 1.807) is 42.5 Å². The number of anilines is 3. The summed E-state index contributed by atoms with van der Waals surface area (Å²) in [5.74, 6) is 0.461. The molecule has 174 valence electrons. The molecular weight excluding hydrogens is 465 g/mol. The summed E-state index contributed by atoms with van der Waals surface area (Å²) in [7, 11) is 0. The van der Waals surface area contributed by atoms with Crippen molar-refractivity contribution in [3.63, 3.8) is 0 Å². The minimum absolute atomic E-state index is 0.0599. The Hall–Kier alpha value is -4.31. The lowest BCUT2D eigenvalue weighted by atomic mass is 10.2. The summed E-state index contributed by atoms with van der Waals surface area (Å²) >= 11 is 1.21. The van der Waals surface area contributed by atoms with Crippen LogP contribution in [0.15, 0.2) is 82.7 Å². The molecule has 0 amide bonds. The number of rotatable bonds is 6. The Morgan fingerprint density at radius 2 is 1.69 bits per heavy atom. The topological polar surface area (TPSA) is 112 Å². The van der Waals surface area contributed by atoms with E-state index in [0.717, 1.165) is 11.3 Å². The minimum Gasteiger partial charge on any atom is -0.368 e. The molecule has 35 heavy (non-hydrogen) atoms. The molecule has 3 aromatic carbocycles. The van der Waals surface area contributed by atoms with Crippen molar-refractivity contribution >= 4 is 40.2 Å². The van der Waals surface area contributed by atoms with Crippen molar-refractivity contribution in [3.05, 3.63) is 100 Å². The average molecular weight is 486 g/mol. The van der Waals surface area contributed by atoms with Crippen LogP contribution >= 0.6 is 11.8 Å². The molecule has 2 aromatic heterocycles. The van der Waals surface area contributed by atoms with E-state index in [0.29, 0.717) is 27.8 Å². The molecule has 0 aliphatic heterocycles. The van der Waals surface area contributed by atoms with Crippen LogP contribution in [-0.2, 0) is 5.75 Å². The molecule has 0 radical (unpaired) electrons. The molecule has 3 N–H and O–H groups in total. The van der Waals surface area contributed by atoms with Gasteiger partial charge in [-0.2, -0.15) is 15.0 Å². The highest BCUT2D eigenvalue weighted by atomic mass is 32.2. The molecule has 10 heteroatoms. The quantitative estimate of drug-likeness (QED) is 0.264. The summed E-state index contributed by atoms with van der Waals surface area (Å²) in [5, 5.41) is 3.87. The number of aryl methyl sites for hydroxylation is 1. The van der Waals surface area contributed by atoms with E-state index < -0.39 is 5.82 Å². The third-order valence-corrected chi connectivity index (χ3v) is 6.19. The maximum atomic E-state index is 14.7. The van der Waals surface area contributed by atoms with Crippen LogP contribution in [0.25, 0.3) is 16.6 Å². The summed E-state index contributed by atoms with van der Waals surface area (Å²) in [4.78, 5) is 30.8. The number of nitrogen functional groups attached to an aromatic ring is 1. The number of halogens is 1. The number of benzene rings is 3. The Morgan fingerprint density at radius 1 is 0.943 bits per heavy atom. The van der Waals surface area contributed by atoms with Gasteiger partial charge in [0.25, 0.3) is 5.56 Å². The van der Waals surface area contributed by atoms with Crippen LogP contribution in [0.5, 0.6) is 0 Å². The monoisotopic (exact) mass is 485 g/mol. The van der Waals surface area contributed by atoms with E-state index in [4.69, 9.17) is 5.73 Å². The molecule has 0 saturated carbocycles. The second kappa shape index (κ2) is 9.51. The van der Waals surface area contributed by atoms with Crippen molar-refractivity contribution in [2.45, 2.75) is 17.8 Å². The van der Waals surface area contributed by atoms with Gasteiger partial charge in [-0.1, -0.05) is 54.2 Å². The molecule has 0 aliphatic rings. The fraction of sp³-hybridized carbons (Fsp3) is 0.0800. The molecule has 2 heterocycles. The standard InChI is InChI=1S/C25H20FN7OS/c1-15-8-2-5-11-18(15)28-24-31-21(30-23(27)32-24)14-35-25-29-19-12-6-3-9-16(19)22(34)33(25)20-13-7-4-10-17(20)26/h2-13H,14H2,1H3,(H3,27,28,30,31,32). The minimum atomic E-state index is -0.525. The van der Waals surface area contributed by atoms with E-state index in [1.165, 1.54) is 22.4 Å². The highest BCUT2D eigenvalue weighted by Crippen LogP contribution is 2.26. The van der Waals surface area contributed by atoms with Crippen molar-refractivity contribution < 1.29 is 4.39 Å². The average Bonchev–Trinajstić information content (AvgIpc) is 2.85. The van der Waals surface area contributed by atoms with Gasteiger partial charge in [-0.25, -0.2) is 9.37 Å². The maximum Gasteiger partial charge on any atom is 0.266 e. The van der Waals surface area contributed by atoms with Crippen molar-refractivity contribution in [1.29, 1.82) is 0 Å². The zero-order valence-corrected chi connectivity index (χ0v) is 19.5. The lowest BCUT2D eigenvalue weighted by Gasteiger charge is -2.14. The predicted octanol–water partition coefficient (Wildman–Crippen LogP) is 4.64. The van der Waals surface area contributed by atoms with E-state index in [9.17, 15) is 9.18 Å². The number of hydrogen-bond donors (Lipinski definition) is 2. The van der Waals surface area contributed by atoms with E-state index in [2.05, 4.69) is 25.3 Å². The fourth-order valence-electron chi connectivity index (χ4n) is 3.58. The third kappa shape index (κ3) is 4.69. The highest BCUT2D eigenvalue weighted by Gasteiger charge is 2.17. The first kappa shape index (κ1) is 22.5. The van der Waals surface area contributed by atoms with Gasteiger partial charge in [-0.15, -0.1) is 0 Å². The lowest BCUT2D eigenvalue weighted by Crippen LogP contribution is -2.22. The van der Waals surface area contributed by atoms with Crippen molar-refractivity contribution in [2.24, 2.45) is 0 Å². The van der Waals surface area contributed by atoms with E-state index in [1.807, 2.05) is 31.2 Å². The van der Waals surface area contributed by atoms with Crippen LogP contribution in [0, 0.1) is 12.7 Å². The van der Waals surface area contributed by atoms with Crippen molar-refractivity contribution in [3.8, 4) is 5.69 Å². The molecule has 0 bridgehead atoms. The summed E-state index contributed by atoms with van der Waals surface area (Å²) < 4.78 is 16.0. The van der Waals surface area contributed by atoms with Crippen LogP contribution in [0.1, 0.15) is 11.4 Å². The molecule has 0 saturated heterocycles. The third-order valence-electron chi connectivity index (χ3n) is 5.26. The molecule has 0 unspecified atom stereocenters. The van der Waals surface area contributed by atoms with Gasteiger partial charge in [0.05, 0.1) is 22.3 Å². The van der Waals surface area contributed by atoms with Gasteiger partial charge in [0, 0.05) is 5.69 Å². The molecular formula is C25H20FN7OS. The SMILES string of the molecule is Cc1ccccc1Nc1nc(N)nc(CSc2nc3ccccc3c(=O)n2-c2ccccc2F)n1. The first-order valence-corrected chi connectivity index (χ1v) is 11.7. The van der Waals surface area contributed by atoms with Crippen LogP contribution in [0.2, 0.25) is 0 Å². The number of para-hydroxylation sites is 3. The van der Waals surface area contributed by atoms with Gasteiger partial charge in [0.15, 0.2) is 5.16 Å². The van der Waals surface area contributed by atoms with Gasteiger partial charge in [0.1, 0.15) is 11.6 Å². The Balaban J connectivity index is 1.51. The van der Waals surface area contributed by atoms with Crippen LogP contribution in [0.4, 0.5) is 22.0 Å². The Morgan fingerprint density at radius 3 is 2.51 bits per heavy atom. The predicted molar refractivity (Wildman–Crippen MR) is 136 cm³/mol. The molecule has 5 rings (SSSR count). The Bertz CT molecular complexity index is 1610. The number of hydrogen-bond acceptors (Lipinski definition) is 8. The molecule has 0 spiro atoms. The zero-order chi connectivity index (χ0) is 24.4. The number of aromatic nitrogens is 5. The van der Waals surface area contributed by atoms with Crippen molar-refractivity contribution in [2.75, 3.05) is 11.1 Å². The normalized spacial score (nSPS) is 11.0. The fourth-order valence-corrected chi connectivity index (χ4v) is 4.44. The number of nitrogens with two attached hydrogens (primary N) is 1. The van der Waals surface area contributed by atoms with Gasteiger partial charge in [-0.3, -0.25) is 9.36 Å². The largest absolute Gasteiger partial charge is 0.368 e. The highest BCUT2D eigenvalue weighted by molar-refractivity contribution is 7.98. The van der Waals surface area contributed by atoms with Crippen LogP contribution in [-0.4, -0.2) is 24.5 Å². The van der Waals surface area contributed by atoms with Crippen molar-refractivity contribution in [1.82, 2.24) is 24.5 Å². The second-order valence-electron chi connectivity index (χ2n) is 7.67. The maximum absolute atomic E-state index is 14.7. The molecule has 5 aromatic rings. The molecule has 0 fully saturated rings. The first-order valence-electron chi connectivity index (χ1n) is 10.7. The first-order chi connectivity index (χ1) is 17.0. The summed E-state index contributed by atoms with van der Waals surface area (Å²) in [6.45, 7) is 1.97. The van der Waals surface area contributed by atoms with Gasteiger partial charge < -0.3 is 11.1 Å². The van der Waals surface area contributed by atoms with E-state index in [-0.39, 0.29) is 22.9 Å². The van der Waals surface area contributed by atoms with E-state index >= 15 is 0 Å². The zero-order valence-electron chi connectivity index (χ0n) is 18.6. The lowest BCUT2D eigenvalue weighted by molar-refractivity contribution is 0.608. The summed E-state index contributed by atoms with van der Waals surface area (Å²) in [6, 6.07) is 20.8. The van der Waals surface area contributed by atoms with Gasteiger partial charge >= 0.3 is 0 Å². The summed E-state index contributed by atoms with van der Waals surface area (Å²) in [5.41, 5.74) is 8.08. The molecule has 8 nitrogen and oxygen atoms in total. The smallest absolute Gasteiger partial charge is 0.266 e. The second-order valence-corrected chi connectivity index (χ2v) is 8.61. The Kier molecular flexibility index (Phi) is 6.11.